The highest BCUT2D eigenvalue weighted by molar-refractivity contribution is 9.10. The van der Waals surface area contributed by atoms with Gasteiger partial charge in [-0.25, -0.2) is 4.39 Å². The van der Waals surface area contributed by atoms with Crippen LogP contribution in [0.2, 0.25) is 0 Å². The minimum Gasteiger partial charge on any atom is -0.487 e. The number of epoxide rings is 1. The number of ether oxygens (including phenoxy) is 3. The van der Waals surface area contributed by atoms with Crippen LogP contribution in [0.1, 0.15) is 66.2 Å². The minimum atomic E-state index is -1.46. The van der Waals surface area contributed by atoms with Gasteiger partial charge in [-0.1, -0.05) is 81.4 Å². The Labute approximate surface area is 299 Å². The van der Waals surface area contributed by atoms with Crippen LogP contribution >= 0.6 is 15.9 Å². The molecule has 1 unspecified atom stereocenters. The van der Waals surface area contributed by atoms with Gasteiger partial charge >= 0.3 is 0 Å². The average molecular weight is 744 g/mol. The van der Waals surface area contributed by atoms with Crippen molar-refractivity contribution in [3.05, 3.63) is 122 Å². The van der Waals surface area contributed by atoms with Crippen LogP contribution in [-0.2, 0) is 45.2 Å². The lowest BCUT2D eigenvalue weighted by molar-refractivity contribution is -0.131. The van der Waals surface area contributed by atoms with Crippen LogP contribution in [0.5, 0.6) is 5.75 Å². The number of hydrogen-bond donors (Lipinski definition) is 1. The molecule has 3 aromatic carbocycles. The van der Waals surface area contributed by atoms with Crippen LogP contribution in [0.4, 0.5) is 4.39 Å². The van der Waals surface area contributed by atoms with Crippen molar-refractivity contribution >= 4 is 33.3 Å². The molecule has 0 bridgehead atoms. The zero-order valence-electron chi connectivity index (χ0n) is 28.6. The van der Waals surface area contributed by atoms with E-state index in [0.29, 0.717) is 28.6 Å². The van der Waals surface area contributed by atoms with Crippen molar-refractivity contribution < 1.29 is 33.0 Å². The summed E-state index contributed by atoms with van der Waals surface area (Å²) in [5.41, 5.74) is 7.41. The highest BCUT2D eigenvalue weighted by atomic mass is 79.9. The molecule has 1 spiro atoms. The first-order chi connectivity index (χ1) is 23.8. The van der Waals surface area contributed by atoms with Crippen molar-refractivity contribution in [1.82, 2.24) is 4.90 Å². The molecule has 0 aromatic heterocycles. The van der Waals surface area contributed by atoms with E-state index in [0.717, 1.165) is 17.7 Å². The molecule has 8 nitrogen and oxygen atoms in total. The zero-order chi connectivity index (χ0) is 35.5. The predicted molar refractivity (Wildman–Crippen MR) is 188 cm³/mol. The monoisotopic (exact) mass is 742 g/mol. The van der Waals surface area contributed by atoms with Gasteiger partial charge in [0.25, 0.3) is 0 Å². The second-order valence-electron chi connectivity index (χ2n) is 15.0. The van der Waals surface area contributed by atoms with Crippen LogP contribution < -0.4 is 10.5 Å². The summed E-state index contributed by atoms with van der Waals surface area (Å²) < 4.78 is 35.3. The highest BCUT2D eigenvalue weighted by Crippen LogP contribution is 2.63. The number of benzene rings is 3. The Morgan fingerprint density at radius 2 is 1.66 bits per heavy atom. The van der Waals surface area contributed by atoms with Gasteiger partial charge in [0, 0.05) is 42.1 Å². The lowest BCUT2D eigenvalue weighted by atomic mass is 9.62. The molecule has 260 valence electrons. The first-order valence-corrected chi connectivity index (χ1v) is 17.7. The van der Waals surface area contributed by atoms with Gasteiger partial charge in [-0.15, -0.1) is 0 Å². The summed E-state index contributed by atoms with van der Waals surface area (Å²) in [4.78, 5) is 44.2. The summed E-state index contributed by atoms with van der Waals surface area (Å²) in [5, 5.41) is 0. The smallest absolute Gasteiger partial charge is 0.231 e. The summed E-state index contributed by atoms with van der Waals surface area (Å²) in [5.74, 6) is -2.57. The Morgan fingerprint density at radius 1 is 1.02 bits per heavy atom. The van der Waals surface area contributed by atoms with E-state index >= 15 is 4.39 Å². The Hall–Kier alpha value is -4.28. The minimum absolute atomic E-state index is 0.00189. The fraction of sp³-hybridized carbons (Fsp3) is 0.375. The van der Waals surface area contributed by atoms with E-state index in [1.165, 1.54) is 0 Å². The number of nitrogens with zero attached hydrogens (tertiary/aromatic N) is 1. The van der Waals surface area contributed by atoms with Crippen molar-refractivity contribution in [2.24, 2.45) is 23.0 Å². The first kappa shape index (κ1) is 34.2. The van der Waals surface area contributed by atoms with Crippen molar-refractivity contribution in [3.8, 4) is 5.75 Å². The van der Waals surface area contributed by atoms with Crippen molar-refractivity contribution in [2.75, 3.05) is 13.6 Å². The fourth-order valence-electron chi connectivity index (χ4n) is 7.93. The maximum absolute atomic E-state index is 16.7. The van der Waals surface area contributed by atoms with Crippen LogP contribution in [-0.4, -0.2) is 41.4 Å². The van der Waals surface area contributed by atoms with Crippen LogP contribution in [0.15, 0.2) is 87.9 Å². The summed E-state index contributed by atoms with van der Waals surface area (Å²) in [6.07, 6.45) is 0.524. The number of halogens is 2. The van der Waals surface area contributed by atoms with E-state index in [4.69, 9.17) is 19.9 Å². The second kappa shape index (κ2) is 12.8. The van der Waals surface area contributed by atoms with E-state index in [-0.39, 0.29) is 65.6 Å². The third-order valence-corrected chi connectivity index (χ3v) is 10.8. The molecule has 3 aliphatic carbocycles. The third kappa shape index (κ3) is 5.96. The second-order valence-corrected chi connectivity index (χ2v) is 15.8. The van der Waals surface area contributed by atoms with Crippen LogP contribution in [0.3, 0.4) is 0 Å². The number of carbonyl (C=O) groups is 3. The number of allylic oxidation sites excluding steroid dienone is 1. The first-order valence-electron chi connectivity index (χ1n) is 16.9. The summed E-state index contributed by atoms with van der Waals surface area (Å²) in [6.45, 7) is 7.63. The maximum atomic E-state index is 16.7. The van der Waals surface area contributed by atoms with Crippen molar-refractivity contribution in [2.45, 2.75) is 65.4 Å². The van der Waals surface area contributed by atoms with E-state index in [1.807, 2.05) is 67.7 Å². The quantitative estimate of drug-likeness (QED) is 0.108. The molecule has 4 aliphatic rings. The highest BCUT2D eigenvalue weighted by Gasteiger charge is 2.73. The molecule has 3 aromatic rings. The van der Waals surface area contributed by atoms with Gasteiger partial charge < -0.3 is 24.8 Å². The number of carbonyl (C=O) groups excluding carboxylic acids is 3. The molecule has 1 heterocycles. The Morgan fingerprint density at radius 3 is 2.30 bits per heavy atom. The number of nitrogens with two attached hydrogens (primary N) is 1. The molecule has 1 aliphatic heterocycles. The van der Waals surface area contributed by atoms with Crippen LogP contribution in [0.25, 0.3) is 0 Å². The predicted octanol–water partition coefficient (Wildman–Crippen LogP) is 6.97. The molecule has 1 saturated heterocycles. The standard InChI is InChI=1S/C40H40BrFN2O6/c1-39(2,3)21-44(4)18-27-32(41)35(48-19-22-11-7-5-8-12-22)30-26(33(27)42)16-24-15-25-17-28(45)31(38(43)49-20-23-13-9-6-10-14-23)36(47)40(25)37(50-40)29(24)34(30)46/h5-14,24-25H,15-21,43H2,1-4H3/t24?,25-,40+/m0/s1. The third-order valence-electron chi connectivity index (χ3n) is 9.96. The van der Waals surface area contributed by atoms with Gasteiger partial charge in [-0.05, 0) is 58.3 Å². The number of ketones is 3. The van der Waals surface area contributed by atoms with Crippen molar-refractivity contribution in [3.63, 3.8) is 0 Å². The van der Waals surface area contributed by atoms with E-state index in [9.17, 15) is 14.4 Å². The van der Waals surface area contributed by atoms with E-state index < -0.39 is 40.6 Å². The number of rotatable bonds is 9. The summed E-state index contributed by atoms with van der Waals surface area (Å²) >= 11 is 3.64. The molecular formula is C40H40BrFN2O6. The Bertz CT molecular complexity index is 1970. The fourth-order valence-corrected chi connectivity index (χ4v) is 8.54. The topological polar surface area (TPSA) is 111 Å². The Kier molecular flexibility index (Phi) is 8.75. The molecule has 0 radical (unpaired) electrons. The van der Waals surface area contributed by atoms with Gasteiger partial charge in [0.15, 0.2) is 23.2 Å². The molecule has 2 N–H and O–H groups in total. The van der Waals surface area contributed by atoms with E-state index in [1.54, 1.807) is 0 Å². The van der Waals surface area contributed by atoms with Crippen molar-refractivity contribution in [1.29, 1.82) is 0 Å². The molecule has 10 heteroatoms. The van der Waals surface area contributed by atoms with Gasteiger partial charge in [-0.3, -0.25) is 14.4 Å². The summed E-state index contributed by atoms with van der Waals surface area (Å²) in [7, 11) is 1.94. The van der Waals surface area contributed by atoms with Gasteiger partial charge in [0.05, 0.1) is 10.0 Å². The molecular weight excluding hydrogens is 703 g/mol. The number of fused-ring (bicyclic) bond motifs is 2. The van der Waals surface area contributed by atoms with Gasteiger partial charge in [0.2, 0.25) is 11.4 Å². The molecule has 2 fully saturated rings. The van der Waals surface area contributed by atoms with Gasteiger partial charge in [-0.2, -0.15) is 0 Å². The maximum Gasteiger partial charge on any atom is 0.231 e. The summed E-state index contributed by atoms with van der Waals surface area (Å²) in [6, 6.07) is 18.8. The van der Waals surface area contributed by atoms with E-state index in [2.05, 4.69) is 41.6 Å². The molecule has 3 atom stereocenters. The zero-order valence-corrected chi connectivity index (χ0v) is 30.2. The number of hydrogen-bond acceptors (Lipinski definition) is 8. The van der Waals surface area contributed by atoms with Gasteiger partial charge in [0.1, 0.15) is 30.4 Å². The normalized spacial score (nSPS) is 23.5. The number of Topliss-reactive ketones (excluding diaryl/α,β-unsaturated/α-hetero) is 3. The lowest BCUT2D eigenvalue weighted by Gasteiger charge is -2.36. The molecule has 7 rings (SSSR count). The molecule has 1 saturated carbocycles. The largest absolute Gasteiger partial charge is 0.487 e. The molecule has 50 heavy (non-hydrogen) atoms. The Balaban J connectivity index is 1.27. The SMILES string of the molecule is CN(Cc1c(F)c2c(c(OCc3ccccc3)c1Br)C(=O)C1=C3O[C@]34C(=O)C(=C(N)OCc3ccccc3)C(=O)C[C@@H]4CC1C2)CC(C)(C)C. The lowest BCUT2D eigenvalue weighted by Crippen LogP contribution is -2.48. The average Bonchev–Trinajstić information content (AvgIpc) is 3.83. The van der Waals surface area contributed by atoms with Crippen LogP contribution in [0, 0.1) is 23.1 Å². The molecule has 0 amide bonds.